The first-order valence-electron chi connectivity index (χ1n) is 9.06. The van der Waals surface area contributed by atoms with Crippen LogP contribution >= 0.6 is 0 Å². The van der Waals surface area contributed by atoms with Gasteiger partial charge in [-0.25, -0.2) is 0 Å². The molecule has 0 aliphatic heterocycles. The lowest BCUT2D eigenvalue weighted by Gasteiger charge is -2.60. The number of aliphatic hydroxyl groups is 1. The number of ketones is 1. The second-order valence-corrected chi connectivity index (χ2v) is 9.02. The summed E-state index contributed by atoms with van der Waals surface area (Å²) in [5.74, 6) is 1.38. The summed E-state index contributed by atoms with van der Waals surface area (Å²) in [6, 6.07) is 0. The van der Waals surface area contributed by atoms with Gasteiger partial charge in [-0.3, -0.25) is 4.79 Å². The van der Waals surface area contributed by atoms with E-state index < -0.39 is 6.10 Å². The van der Waals surface area contributed by atoms with E-state index in [0.29, 0.717) is 11.7 Å². The van der Waals surface area contributed by atoms with E-state index >= 15 is 0 Å². The molecule has 2 nitrogen and oxygen atoms in total. The Morgan fingerprint density at radius 1 is 1.18 bits per heavy atom. The van der Waals surface area contributed by atoms with E-state index in [2.05, 4.69) is 34.3 Å². The highest BCUT2D eigenvalue weighted by Gasteiger charge is 2.64. The van der Waals surface area contributed by atoms with E-state index in [-0.39, 0.29) is 28.1 Å². The quantitative estimate of drug-likeness (QED) is 0.730. The number of hydrogen-bond acceptors (Lipinski definition) is 2. The molecular formula is C20H32O2. The minimum Gasteiger partial charge on any atom is -0.392 e. The lowest BCUT2D eigenvalue weighted by atomic mass is 9.44. The van der Waals surface area contributed by atoms with E-state index in [1.807, 2.05) is 6.08 Å². The summed E-state index contributed by atoms with van der Waals surface area (Å²) in [6.07, 6.45) is 7.52. The van der Waals surface area contributed by atoms with E-state index in [0.717, 1.165) is 32.1 Å². The standard InChI is InChI=1S/C20H32O2/c1-6-18(4)11-12-19(5)13(2)7-9-20(14(3)17(18)22)10-8-15(21)16(19)20/h6,13-14,16-17,22H,1,7-12H2,2-5H3/t13-,14+,16+,17+,18-,19-,20+/m1/s1. The molecule has 2 heteroatoms. The zero-order chi connectivity index (χ0) is 16.3. The highest BCUT2D eigenvalue weighted by molar-refractivity contribution is 5.85. The minimum absolute atomic E-state index is 0.0163. The van der Waals surface area contributed by atoms with Gasteiger partial charge in [0, 0.05) is 17.8 Å². The zero-order valence-electron chi connectivity index (χ0n) is 14.7. The van der Waals surface area contributed by atoms with Crippen LogP contribution in [0.5, 0.6) is 0 Å². The lowest BCUT2D eigenvalue weighted by molar-refractivity contribution is -0.158. The van der Waals surface area contributed by atoms with Gasteiger partial charge in [0.05, 0.1) is 6.10 Å². The molecule has 3 rings (SSSR count). The molecule has 0 radical (unpaired) electrons. The molecule has 3 saturated carbocycles. The van der Waals surface area contributed by atoms with Crippen molar-refractivity contribution in [1.82, 2.24) is 0 Å². The predicted molar refractivity (Wildman–Crippen MR) is 89.4 cm³/mol. The molecule has 7 atom stereocenters. The molecule has 0 heterocycles. The lowest BCUT2D eigenvalue weighted by Crippen LogP contribution is -2.57. The average molecular weight is 304 g/mol. The van der Waals surface area contributed by atoms with Crippen molar-refractivity contribution < 1.29 is 9.90 Å². The Balaban J connectivity index is 2.15. The fourth-order valence-electron chi connectivity index (χ4n) is 6.26. The SMILES string of the molecule is C=C[C@]1(C)CC[C@]2(C)[C@H](C)CC[C@]3(CCC(=O)[C@@H]23)[C@@H](C)[C@@H]1O. The summed E-state index contributed by atoms with van der Waals surface area (Å²) >= 11 is 0. The topological polar surface area (TPSA) is 37.3 Å². The molecule has 0 amide bonds. The number of hydrogen-bond donors (Lipinski definition) is 1. The molecule has 3 aliphatic carbocycles. The molecule has 2 bridgehead atoms. The van der Waals surface area contributed by atoms with Crippen LogP contribution in [-0.4, -0.2) is 17.0 Å². The van der Waals surface area contributed by atoms with Gasteiger partial charge in [0.15, 0.2) is 0 Å². The Hall–Kier alpha value is -0.630. The first-order valence-corrected chi connectivity index (χ1v) is 9.06. The molecule has 22 heavy (non-hydrogen) atoms. The second kappa shape index (κ2) is 4.93. The van der Waals surface area contributed by atoms with Crippen LogP contribution in [0.25, 0.3) is 0 Å². The van der Waals surface area contributed by atoms with Gasteiger partial charge in [-0.2, -0.15) is 0 Å². The Labute approximate surface area is 135 Å². The predicted octanol–water partition coefficient (Wildman–Crippen LogP) is 4.37. The fourth-order valence-corrected chi connectivity index (χ4v) is 6.26. The maximum atomic E-state index is 12.8. The van der Waals surface area contributed by atoms with E-state index in [1.54, 1.807) is 0 Å². The third-order valence-corrected chi connectivity index (χ3v) is 8.29. The van der Waals surface area contributed by atoms with Crippen molar-refractivity contribution in [1.29, 1.82) is 0 Å². The average Bonchev–Trinajstić information content (AvgIpc) is 2.86. The van der Waals surface area contributed by atoms with Gasteiger partial charge in [-0.1, -0.05) is 33.8 Å². The molecule has 0 aromatic rings. The van der Waals surface area contributed by atoms with Crippen molar-refractivity contribution in [3.8, 4) is 0 Å². The normalized spacial score (nSPS) is 55.2. The number of carbonyl (C=O) groups is 1. The van der Waals surface area contributed by atoms with Gasteiger partial charge in [-0.15, -0.1) is 6.58 Å². The number of Topliss-reactive ketones (excluding diaryl/α,β-unsaturated/α-hetero) is 1. The first kappa shape index (κ1) is 16.2. The van der Waals surface area contributed by atoms with Gasteiger partial charge in [0.25, 0.3) is 0 Å². The van der Waals surface area contributed by atoms with Crippen molar-refractivity contribution in [2.45, 2.75) is 72.3 Å². The van der Waals surface area contributed by atoms with Crippen molar-refractivity contribution in [3.63, 3.8) is 0 Å². The van der Waals surface area contributed by atoms with E-state index in [9.17, 15) is 9.90 Å². The molecule has 0 spiro atoms. The maximum Gasteiger partial charge on any atom is 0.137 e. The Kier molecular flexibility index (Phi) is 3.64. The molecule has 0 aromatic carbocycles. The van der Waals surface area contributed by atoms with Crippen LogP contribution in [0.4, 0.5) is 0 Å². The van der Waals surface area contributed by atoms with Crippen LogP contribution in [0.3, 0.4) is 0 Å². The zero-order valence-corrected chi connectivity index (χ0v) is 14.7. The van der Waals surface area contributed by atoms with Crippen LogP contribution in [0.15, 0.2) is 12.7 Å². The molecular weight excluding hydrogens is 272 g/mol. The summed E-state index contributed by atoms with van der Waals surface area (Å²) in [4.78, 5) is 12.8. The van der Waals surface area contributed by atoms with Crippen LogP contribution in [-0.2, 0) is 4.79 Å². The molecule has 3 aliphatic rings. The Bertz CT molecular complexity index is 498. The number of rotatable bonds is 1. The second-order valence-electron chi connectivity index (χ2n) is 9.02. The molecule has 1 N–H and O–H groups in total. The molecule has 3 fully saturated rings. The molecule has 0 unspecified atom stereocenters. The van der Waals surface area contributed by atoms with Crippen LogP contribution in [0.1, 0.15) is 66.2 Å². The molecule has 0 aromatic heterocycles. The Morgan fingerprint density at radius 2 is 1.86 bits per heavy atom. The van der Waals surface area contributed by atoms with Crippen molar-refractivity contribution in [2.24, 2.45) is 34.0 Å². The summed E-state index contributed by atoms with van der Waals surface area (Å²) in [7, 11) is 0. The highest BCUT2D eigenvalue weighted by Crippen LogP contribution is 2.67. The van der Waals surface area contributed by atoms with Crippen molar-refractivity contribution in [2.75, 3.05) is 0 Å². The van der Waals surface area contributed by atoms with Crippen molar-refractivity contribution >= 4 is 5.78 Å². The van der Waals surface area contributed by atoms with Gasteiger partial charge in [-0.05, 0) is 54.8 Å². The van der Waals surface area contributed by atoms with Gasteiger partial charge in [0.1, 0.15) is 5.78 Å². The minimum atomic E-state index is -0.392. The third-order valence-electron chi connectivity index (χ3n) is 8.29. The number of aliphatic hydroxyl groups excluding tert-OH is 1. The van der Waals surface area contributed by atoms with Gasteiger partial charge >= 0.3 is 0 Å². The highest BCUT2D eigenvalue weighted by atomic mass is 16.3. The monoisotopic (exact) mass is 304 g/mol. The van der Waals surface area contributed by atoms with E-state index in [4.69, 9.17) is 0 Å². The largest absolute Gasteiger partial charge is 0.392 e. The number of carbonyl (C=O) groups excluding carboxylic acids is 1. The van der Waals surface area contributed by atoms with Crippen LogP contribution in [0.2, 0.25) is 0 Å². The van der Waals surface area contributed by atoms with Crippen LogP contribution < -0.4 is 0 Å². The van der Waals surface area contributed by atoms with E-state index in [1.165, 1.54) is 6.42 Å². The summed E-state index contributed by atoms with van der Waals surface area (Å²) < 4.78 is 0. The first-order chi connectivity index (χ1) is 10.2. The third kappa shape index (κ3) is 1.85. The molecule has 124 valence electrons. The Morgan fingerprint density at radius 3 is 2.50 bits per heavy atom. The van der Waals surface area contributed by atoms with Crippen molar-refractivity contribution in [3.05, 3.63) is 12.7 Å². The van der Waals surface area contributed by atoms with Gasteiger partial charge < -0.3 is 5.11 Å². The summed E-state index contributed by atoms with van der Waals surface area (Å²) in [6.45, 7) is 13.1. The smallest absolute Gasteiger partial charge is 0.137 e. The summed E-state index contributed by atoms with van der Waals surface area (Å²) in [5.41, 5.74) is -0.131. The molecule has 0 saturated heterocycles. The summed E-state index contributed by atoms with van der Waals surface area (Å²) in [5, 5.41) is 11.1. The fraction of sp³-hybridized carbons (Fsp3) is 0.850. The van der Waals surface area contributed by atoms with Crippen LogP contribution in [0, 0.1) is 34.0 Å². The maximum absolute atomic E-state index is 12.8. The van der Waals surface area contributed by atoms with Gasteiger partial charge in [0.2, 0.25) is 0 Å².